The van der Waals surface area contributed by atoms with Crippen molar-refractivity contribution in [1.29, 1.82) is 0 Å². The minimum Gasteiger partial charge on any atom is -0.396 e. The van der Waals surface area contributed by atoms with Gasteiger partial charge in [0.15, 0.2) is 5.65 Å². The van der Waals surface area contributed by atoms with Gasteiger partial charge in [-0.1, -0.05) is 0 Å². The summed E-state index contributed by atoms with van der Waals surface area (Å²) in [6.07, 6.45) is 3.32. The van der Waals surface area contributed by atoms with Gasteiger partial charge in [-0.2, -0.15) is 0 Å². The maximum absolute atomic E-state index is 10.9. The number of hydrogen-bond acceptors (Lipinski definition) is 9. The maximum atomic E-state index is 10.9. The van der Waals surface area contributed by atoms with E-state index in [1.165, 1.54) is 18.5 Å². The number of aliphatic hydroxyl groups is 3. The first-order valence-corrected chi connectivity index (χ1v) is 11.1. The number of fused-ring (bicyclic) bond motifs is 1. The summed E-state index contributed by atoms with van der Waals surface area (Å²) >= 11 is 0. The van der Waals surface area contributed by atoms with E-state index in [2.05, 4.69) is 19.9 Å². The van der Waals surface area contributed by atoms with E-state index in [9.17, 15) is 25.4 Å². The van der Waals surface area contributed by atoms with Crippen LogP contribution in [-0.4, -0.2) is 71.7 Å². The van der Waals surface area contributed by atoms with Crippen LogP contribution in [0.25, 0.3) is 11.2 Å². The van der Waals surface area contributed by atoms with Crippen LogP contribution in [-0.2, 0) is 0 Å². The van der Waals surface area contributed by atoms with E-state index in [4.69, 9.17) is 0 Å². The van der Waals surface area contributed by atoms with Gasteiger partial charge in [-0.3, -0.25) is 10.1 Å². The smallest absolute Gasteiger partial charge is 0.269 e. The van der Waals surface area contributed by atoms with E-state index >= 15 is 0 Å². The molecule has 2 fully saturated rings. The summed E-state index contributed by atoms with van der Waals surface area (Å²) in [5.41, 5.74) is 3.23. The molecule has 174 valence electrons. The van der Waals surface area contributed by atoms with Crippen LogP contribution < -0.4 is 4.90 Å². The SMILES string of the molecule is O=[N+]([O-])c1ccc(N2CCC(c3ncnc4c3ncn4[C@@H]3CC(CO)C(O)[C@H]3O)CC2)cc1. The first-order valence-electron chi connectivity index (χ1n) is 11.1. The number of anilines is 1. The van der Waals surface area contributed by atoms with Crippen molar-refractivity contribution in [1.82, 2.24) is 19.5 Å². The molecule has 1 saturated carbocycles. The summed E-state index contributed by atoms with van der Waals surface area (Å²) in [6.45, 7) is 1.40. The number of aromatic nitrogens is 4. The highest BCUT2D eigenvalue weighted by Gasteiger charge is 2.42. The predicted octanol–water partition coefficient (Wildman–Crippen LogP) is 1.39. The number of rotatable bonds is 5. The Hall–Kier alpha value is -3.15. The van der Waals surface area contributed by atoms with E-state index in [1.54, 1.807) is 23.0 Å². The Kier molecular flexibility index (Phi) is 5.69. The summed E-state index contributed by atoms with van der Waals surface area (Å²) < 4.78 is 1.79. The van der Waals surface area contributed by atoms with Gasteiger partial charge in [-0.05, 0) is 31.4 Å². The zero-order valence-corrected chi connectivity index (χ0v) is 17.9. The van der Waals surface area contributed by atoms with E-state index in [0.29, 0.717) is 17.6 Å². The highest BCUT2D eigenvalue weighted by atomic mass is 16.6. The Morgan fingerprint density at radius 1 is 1.06 bits per heavy atom. The number of nitro groups is 1. The fourth-order valence-electron chi connectivity index (χ4n) is 5.16. The second-order valence-corrected chi connectivity index (χ2v) is 8.84. The molecule has 4 atom stereocenters. The predicted molar refractivity (Wildman–Crippen MR) is 119 cm³/mol. The average Bonchev–Trinajstić information content (AvgIpc) is 3.40. The second kappa shape index (κ2) is 8.65. The van der Waals surface area contributed by atoms with Crippen LogP contribution in [0.15, 0.2) is 36.9 Å². The molecule has 2 unspecified atom stereocenters. The normalized spacial score (nSPS) is 26.2. The third-order valence-electron chi connectivity index (χ3n) is 7.06. The molecule has 0 radical (unpaired) electrons. The third-order valence-corrected chi connectivity index (χ3v) is 7.06. The second-order valence-electron chi connectivity index (χ2n) is 8.84. The standard InChI is InChI=1S/C22H26N6O5/c29-10-14-9-17(21(31)20(14)30)27-12-25-19-18(23-11-24-22(19)27)13-5-7-26(8-6-13)15-1-3-16(4-2-15)28(32)33/h1-4,11-14,17,20-21,29-31H,5-10H2/t14?,17-,20?,21+/m1/s1. The summed E-state index contributed by atoms with van der Waals surface area (Å²) in [7, 11) is 0. The van der Waals surface area contributed by atoms with Crippen LogP contribution in [0.4, 0.5) is 11.4 Å². The molecule has 1 aromatic carbocycles. The maximum Gasteiger partial charge on any atom is 0.269 e. The van der Waals surface area contributed by atoms with Gasteiger partial charge in [0.1, 0.15) is 17.9 Å². The van der Waals surface area contributed by atoms with Gasteiger partial charge in [0, 0.05) is 49.4 Å². The first kappa shape index (κ1) is 21.7. The highest BCUT2D eigenvalue weighted by Crippen LogP contribution is 2.38. The number of hydrogen-bond donors (Lipinski definition) is 3. The quantitative estimate of drug-likeness (QED) is 0.384. The lowest BCUT2D eigenvalue weighted by atomic mass is 9.92. The molecule has 0 amide bonds. The molecule has 1 aliphatic heterocycles. The van der Waals surface area contributed by atoms with Crippen molar-refractivity contribution < 1.29 is 20.2 Å². The van der Waals surface area contributed by atoms with Crippen molar-refractivity contribution in [3.63, 3.8) is 0 Å². The van der Waals surface area contributed by atoms with Crippen LogP contribution in [0.1, 0.15) is 36.9 Å². The molecule has 2 aromatic heterocycles. The molecule has 0 bridgehead atoms. The summed E-state index contributed by atoms with van der Waals surface area (Å²) in [6, 6.07) is 6.21. The Labute approximate surface area is 189 Å². The number of non-ortho nitro benzene ring substituents is 1. The van der Waals surface area contributed by atoms with Crippen molar-refractivity contribution in [2.45, 2.75) is 43.4 Å². The number of imidazole rings is 1. The van der Waals surface area contributed by atoms with E-state index in [1.807, 2.05) is 0 Å². The average molecular weight is 454 g/mol. The Balaban J connectivity index is 1.34. The molecule has 3 N–H and O–H groups in total. The third kappa shape index (κ3) is 3.81. The molecular weight excluding hydrogens is 428 g/mol. The molecule has 3 aromatic rings. The zero-order valence-electron chi connectivity index (χ0n) is 17.9. The highest BCUT2D eigenvalue weighted by molar-refractivity contribution is 5.74. The Morgan fingerprint density at radius 3 is 2.42 bits per heavy atom. The van der Waals surface area contributed by atoms with Crippen LogP contribution >= 0.6 is 0 Å². The Morgan fingerprint density at radius 2 is 1.79 bits per heavy atom. The topological polar surface area (TPSA) is 151 Å². The van der Waals surface area contributed by atoms with Gasteiger partial charge in [-0.25, -0.2) is 15.0 Å². The van der Waals surface area contributed by atoms with Crippen LogP contribution in [0.5, 0.6) is 0 Å². The Bertz CT molecular complexity index is 1140. The van der Waals surface area contributed by atoms with E-state index in [-0.39, 0.29) is 24.1 Å². The van der Waals surface area contributed by atoms with Crippen LogP contribution in [0.2, 0.25) is 0 Å². The summed E-state index contributed by atoms with van der Waals surface area (Å²) in [5, 5.41) is 41.1. The molecule has 2 aliphatic rings. The van der Waals surface area contributed by atoms with Gasteiger partial charge in [-0.15, -0.1) is 0 Å². The van der Waals surface area contributed by atoms with Crippen molar-refractivity contribution in [3.05, 3.63) is 52.7 Å². The fourth-order valence-corrected chi connectivity index (χ4v) is 5.16. The van der Waals surface area contributed by atoms with Gasteiger partial charge in [0.05, 0.1) is 29.1 Å². The molecule has 11 nitrogen and oxygen atoms in total. The number of piperidine rings is 1. The zero-order chi connectivity index (χ0) is 23.1. The lowest BCUT2D eigenvalue weighted by molar-refractivity contribution is -0.384. The molecule has 1 aliphatic carbocycles. The fraction of sp³-hybridized carbons (Fsp3) is 0.500. The van der Waals surface area contributed by atoms with Crippen molar-refractivity contribution in [3.8, 4) is 0 Å². The van der Waals surface area contributed by atoms with Gasteiger partial charge >= 0.3 is 0 Å². The summed E-state index contributed by atoms with van der Waals surface area (Å²) in [4.78, 5) is 26.2. The number of benzene rings is 1. The van der Waals surface area contributed by atoms with Gasteiger partial charge in [0.25, 0.3) is 5.69 Å². The monoisotopic (exact) mass is 454 g/mol. The minimum absolute atomic E-state index is 0.0813. The van der Waals surface area contributed by atoms with E-state index < -0.39 is 23.2 Å². The van der Waals surface area contributed by atoms with Crippen molar-refractivity contribution >= 4 is 22.5 Å². The lowest BCUT2D eigenvalue weighted by Gasteiger charge is -2.33. The number of nitrogens with zero attached hydrogens (tertiary/aromatic N) is 6. The van der Waals surface area contributed by atoms with Crippen LogP contribution in [0.3, 0.4) is 0 Å². The lowest BCUT2D eigenvalue weighted by Crippen LogP contribution is -2.33. The van der Waals surface area contributed by atoms with Gasteiger partial charge in [0.2, 0.25) is 0 Å². The van der Waals surface area contributed by atoms with Gasteiger partial charge < -0.3 is 24.8 Å². The largest absolute Gasteiger partial charge is 0.396 e. The molecule has 5 rings (SSSR count). The molecule has 3 heterocycles. The van der Waals surface area contributed by atoms with Crippen LogP contribution in [0, 0.1) is 16.0 Å². The molecular formula is C22H26N6O5. The minimum atomic E-state index is -0.997. The number of aliphatic hydroxyl groups excluding tert-OH is 3. The van der Waals surface area contributed by atoms with Crippen molar-refractivity contribution in [2.75, 3.05) is 24.6 Å². The van der Waals surface area contributed by atoms with Crippen molar-refractivity contribution in [2.24, 2.45) is 5.92 Å². The molecule has 0 spiro atoms. The number of nitro benzene ring substituents is 1. The van der Waals surface area contributed by atoms with E-state index in [0.717, 1.165) is 37.3 Å². The molecule has 11 heteroatoms. The molecule has 33 heavy (non-hydrogen) atoms. The summed E-state index contributed by atoms with van der Waals surface area (Å²) in [5.74, 6) is -0.190. The molecule has 1 saturated heterocycles. The first-order chi connectivity index (χ1) is 16.0.